The molecule has 34 heteroatoms. The van der Waals surface area contributed by atoms with Crippen LogP contribution in [0.3, 0.4) is 0 Å². The molecular formula is C48H63ClFN14O15PS2. The van der Waals surface area contributed by atoms with Crippen molar-refractivity contribution in [3.63, 3.8) is 0 Å². The Morgan fingerprint density at radius 1 is 0.976 bits per heavy atom. The fraction of sp³-hybridized carbons (Fsp3) is 0.417. The number of carboxylic acid groups (broad SMARTS) is 1. The number of halogens is 2. The summed E-state index contributed by atoms with van der Waals surface area (Å²) in [6.07, 6.45) is 15.1. The molecule has 82 heavy (non-hydrogen) atoms. The number of methoxy groups -OCH3 is 2. The van der Waals surface area contributed by atoms with Crippen LogP contribution in [0.1, 0.15) is 56.8 Å². The predicted octanol–water partition coefficient (Wildman–Crippen LogP) is 2.46. The number of terminal acetylenes is 1. The van der Waals surface area contributed by atoms with Gasteiger partial charge in [0.2, 0.25) is 34.9 Å². The lowest BCUT2D eigenvalue weighted by molar-refractivity contribution is -0.193. The number of sulfonamides is 1. The zero-order valence-corrected chi connectivity index (χ0v) is 49.5. The van der Waals surface area contributed by atoms with Crippen molar-refractivity contribution in [2.45, 2.75) is 57.5 Å². The van der Waals surface area contributed by atoms with Gasteiger partial charge >= 0.3 is 12.0 Å². The van der Waals surface area contributed by atoms with Gasteiger partial charge in [-0.3, -0.25) is 39.5 Å². The summed E-state index contributed by atoms with van der Waals surface area (Å²) in [6, 6.07) is 5.54. The van der Waals surface area contributed by atoms with Gasteiger partial charge in [-0.15, -0.1) is 6.42 Å². The van der Waals surface area contributed by atoms with Crippen LogP contribution in [0.5, 0.6) is 17.5 Å². The number of hydrogen-bond donors (Lipinski definition) is 7. The summed E-state index contributed by atoms with van der Waals surface area (Å²) in [6.45, 7) is 5.98. The number of hydrogen-bond acceptors (Lipinski definition) is 22. The maximum absolute atomic E-state index is 14.7. The number of carbonyl (C=O) groups is 6. The van der Waals surface area contributed by atoms with Gasteiger partial charge in [-0.2, -0.15) is 33.3 Å². The monoisotopic (exact) mass is 1220 g/mol. The van der Waals surface area contributed by atoms with E-state index in [-0.39, 0.29) is 70.8 Å². The zero-order chi connectivity index (χ0) is 61.6. The highest BCUT2D eigenvalue weighted by Gasteiger charge is 2.42. The second-order valence-corrected chi connectivity index (χ2v) is 23.6. The van der Waals surface area contributed by atoms with E-state index in [1.54, 1.807) is 4.72 Å². The lowest BCUT2D eigenvalue weighted by Gasteiger charge is -2.29. The molecule has 6 amide bonds. The molecule has 1 atom stereocenters. The molecule has 0 saturated heterocycles. The summed E-state index contributed by atoms with van der Waals surface area (Å²) < 4.78 is 66.6. The van der Waals surface area contributed by atoms with Gasteiger partial charge in [0.15, 0.2) is 17.5 Å². The van der Waals surface area contributed by atoms with Crippen molar-refractivity contribution in [3.05, 3.63) is 64.3 Å². The number of fused-ring (bicyclic) bond motifs is 1. The first-order chi connectivity index (χ1) is 38.5. The van der Waals surface area contributed by atoms with E-state index in [1.807, 2.05) is 26.1 Å². The van der Waals surface area contributed by atoms with E-state index in [1.165, 1.54) is 68.6 Å². The SMILES string of the molecule is C#CCN1C(=O)COc2cc(F)c(N3C(=O)C4=C(CCCC4)C3=O)cc21.CCNc1nc(Cl)nc(NC(C)C)n1.COc1cc(OC)nc(NC(=O)NS(=O)(=O)c2ncccc2C(=O)N(C)C)n1.C[S+](C)C.O=C(O)CNCP(=O)([O-])O. The van der Waals surface area contributed by atoms with E-state index >= 15 is 0 Å². The van der Waals surface area contributed by atoms with Crippen molar-refractivity contribution in [3.8, 4) is 29.9 Å². The first kappa shape index (κ1) is 68.5. The van der Waals surface area contributed by atoms with Crippen molar-refractivity contribution in [2.75, 3.05) is 105 Å². The number of aliphatic carboxylic acids is 1. The van der Waals surface area contributed by atoms with Gasteiger partial charge in [0, 0.05) is 50.1 Å². The van der Waals surface area contributed by atoms with E-state index in [4.69, 9.17) is 42.2 Å². The smallest absolute Gasteiger partial charge is 0.335 e. The van der Waals surface area contributed by atoms with Crippen LogP contribution in [0.25, 0.3) is 0 Å². The van der Waals surface area contributed by atoms with Gasteiger partial charge < -0.3 is 49.2 Å². The van der Waals surface area contributed by atoms with Crippen LogP contribution in [0.2, 0.25) is 5.28 Å². The van der Waals surface area contributed by atoms with Crippen LogP contribution in [0, 0.1) is 18.2 Å². The van der Waals surface area contributed by atoms with Crippen LogP contribution in [0.15, 0.2) is 52.7 Å². The summed E-state index contributed by atoms with van der Waals surface area (Å²) in [5, 5.41) is 17.8. The summed E-state index contributed by atoms with van der Waals surface area (Å²) in [4.78, 5) is 116. The maximum Gasteiger partial charge on any atom is 0.335 e. The Morgan fingerprint density at radius 3 is 2.07 bits per heavy atom. The van der Waals surface area contributed by atoms with Gasteiger partial charge in [-0.25, -0.2) is 23.8 Å². The van der Waals surface area contributed by atoms with Crippen LogP contribution >= 0.6 is 19.2 Å². The summed E-state index contributed by atoms with van der Waals surface area (Å²) >= 11 is 5.73. The maximum atomic E-state index is 14.7. The topological polar surface area (TPSA) is 392 Å². The fourth-order valence-corrected chi connectivity index (χ4v) is 8.39. The Morgan fingerprint density at radius 2 is 1.56 bits per heavy atom. The Balaban J connectivity index is 0.000000299. The minimum Gasteiger partial charge on any atom is -0.778 e. The molecule has 1 aromatic carbocycles. The third-order valence-corrected chi connectivity index (χ3v) is 12.1. The highest BCUT2D eigenvalue weighted by Crippen LogP contribution is 2.42. The molecule has 1 unspecified atom stereocenters. The normalized spacial score (nSPS) is 14.0. The van der Waals surface area contributed by atoms with Gasteiger partial charge in [0.25, 0.3) is 33.7 Å². The number of pyridine rings is 1. The molecule has 0 bridgehead atoms. The number of aromatic nitrogens is 6. The highest BCUT2D eigenvalue weighted by molar-refractivity contribution is 7.94. The Labute approximate surface area is 480 Å². The van der Waals surface area contributed by atoms with Crippen molar-refractivity contribution < 1.29 is 75.2 Å². The second kappa shape index (κ2) is 32.0. The van der Waals surface area contributed by atoms with Gasteiger partial charge in [0.05, 0.1) is 75.4 Å². The number of anilines is 5. The minimum atomic E-state index is -4.46. The van der Waals surface area contributed by atoms with E-state index < -0.39 is 71.0 Å². The number of benzene rings is 1. The van der Waals surface area contributed by atoms with Crippen molar-refractivity contribution in [1.82, 2.24) is 44.8 Å². The largest absolute Gasteiger partial charge is 0.778 e. The minimum absolute atomic E-state index is 0.0170. The van der Waals surface area contributed by atoms with Crippen LogP contribution in [0.4, 0.5) is 38.4 Å². The fourth-order valence-electron chi connectivity index (χ4n) is 6.79. The third-order valence-electron chi connectivity index (χ3n) is 10.0. The van der Waals surface area contributed by atoms with Gasteiger partial charge in [0.1, 0.15) is 13.3 Å². The quantitative estimate of drug-likeness (QED) is 0.0367. The number of carbonyl (C=O) groups excluding carboxylic acids is 5. The molecule has 5 heterocycles. The summed E-state index contributed by atoms with van der Waals surface area (Å²) in [5.41, 5.74) is 0.805. The number of imide groups is 1. The van der Waals surface area contributed by atoms with E-state index in [0.717, 1.165) is 30.4 Å². The number of rotatable bonds is 16. The summed E-state index contributed by atoms with van der Waals surface area (Å²) in [5.74, 6) is -0.435. The van der Waals surface area contributed by atoms with E-state index in [0.29, 0.717) is 46.8 Å². The molecule has 3 aliphatic rings. The molecule has 7 N–H and O–H groups in total. The molecule has 4 aromatic rings. The number of carboxylic acids is 1. The van der Waals surface area contributed by atoms with Crippen LogP contribution in [-0.4, -0.2) is 175 Å². The van der Waals surface area contributed by atoms with Crippen LogP contribution < -0.4 is 54.9 Å². The molecule has 0 radical (unpaired) electrons. The molecule has 0 fully saturated rings. The van der Waals surface area contributed by atoms with Crippen LogP contribution in [-0.2, 0) is 44.7 Å². The molecule has 0 saturated carbocycles. The second-order valence-electron chi connectivity index (χ2n) is 17.7. The molecule has 2 aliphatic heterocycles. The molecule has 446 valence electrons. The first-order valence-electron chi connectivity index (χ1n) is 24.1. The highest BCUT2D eigenvalue weighted by atomic mass is 35.5. The molecule has 3 aromatic heterocycles. The molecule has 0 spiro atoms. The Kier molecular flexibility index (Phi) is 26.7. The summed E-state index contributed by atoms with van der Waals surface area (Å²) in [7, 11) is -2.56. The Hall–Kier alpha value is -7.79. The van der Waals surface area contributed by atoms with E-state index in [2.05, 4.69) is 70.5 Å². The number of ether oxygens (including phenoxy) is 3. The lowest BCUT2D eigenvalue weighted by Crippen LogP contribution is -2.39. The van der Waals surface area contributed by atoms with Crippen molar-refractivity contribution in [1.29, 1.82) is 0 Å². The zero-order valence-electron chi connectivity index (χ0n) is 46.2. The lowest BCUT2D eigenvalue weighted by atomic mass is 9.93. The third kappa shape index (κ3) is 21.3. The Bertz CT molecular complexity index is 3150. The molecule has 1 aliphatic carbocycles. The average Bonchev–Trinajstić information content (AvgIpc) is 3.86. The van der Waals surface area contributed by atoms with Gasteiger partial charge in [-0.1, -0.05) is 5.92 Å². The molecule has 29 nitrogen and oxygen atoms in total. The molecular weight excluding hydrogens is 1160 g/mol. The average molecular weight is 1230 g/mol. The van der Waals surface area contributed by atoms with E-state index in [9.17, 15) is 51.0 Å². The van der Waals surface area contributed by atoms with Crippen molar-refractivity contribution >= 4 is 105 Å². The predicted molar refractivity (Wildman–Crippen MR) is 301 cm³/mol. The number of nitrogens with zero attached hydrogens (tertiary/aromatic N) is 9. The standard InChI is InChI=1S/C19H15FN2O4.C15H18N6O6S.C8H14ClN5.C3H8NO5P.C3H9S/c1-2-7-21-15-9-14(13(20)8-16(15)26-10-17(21)23)22-18(24)11-5-3-4-6-12(11)19(22)25;1-21(2)13(22)9-6-5-7-16-12(9)28(24,25)20-15(23)19-14-17-10(26-3)8-11(18-14)27-4;1-4-10-7-12-6(9)13-8(14-7)11-5(2)3;5-3(6)1-4-2-10(7,8)9;1-4(2)3/h1,8-9H,3-7,10H2;5-8H,1-4H3,(H2,17,18,19,20,23);5H,4H2,1-3H3,(H2,10,11,12,13,14);4H,1-2H2,(H,5,6)(H2,7,8,9);1-3H3/q;;;;+1/p-1. The van der Waals surface area contributed by atoms with Crippen molar-refractivity contribution in [2.24, 2.45) is 0 Å². The number of amides is 6. The number of nitrogens with one attached hydrogen (secondary N) is 5. The molecule has 7 rings (SSSR count). The number of urea groups is 1. The van der Waals surface area contributed by atoms with Gasteiger partial charge in [-0.05, 0) is 87.1 Å². The first-order valence-corrected chi connectivity index (χ1v) is 30.2.